The van der Waals surface area contributed by atoms with Gasteiger partial charge < -0.3 is 23.8 Å². The first-order valence-electron chi connectivity index (χ1n) is 12.1. The number of oxime groups is 1. The van der Waals surface area contributed by atoms with Crippen LogP contribution >= 0.6 is 0 Å². The van der Waals surface area contributed by atoms with Crippen LogP contribution in [0.15, 0.2) is 84.0 Å². The average molecular weight is 492 g/mol. The Kier molecular flexibility index (Phi) is 10.8. The molecule has 3 aromatic rings. The van der Waals surface area contributed by atoms with Gasteiger partial charge in [0.05, 0.1) is 6.61 Å². The molecule has 36 heavy (non-hydrogen) atoms. The molecule has 3 rings (SSSR count). The number of carbonyl (C=O) groups excluding carboxylic acids is 1. The largest absolute Gasteiger partial charge is 0.487 e. The zero-order chi connectivity index (χ0) is 25.6. The van der Waals surface area contributed by atoms with Gasteiger partial charge in [-0.1, -0.05) is 35.5 Å². The first-order chi connectivity index (χ1) is 17.6. The Bertz CT molecular complexity index is 1100. The molecule has 0 aliphatic rings. The van der Waals surface area contributed by atoms with Crippen LogP contribution in [-0.2, 0) is 25.5 Å². The van der Waals surface area contributed by atoms with Crippen molar-refractivity contribution in [2.45, 2.75) is 33.3 Å². The summed E-state index contributed by atoms with van der Waals surface area (Å²) < 4.78 is 22.6. The fourth-order valence-electron chi connectivity index (χ4n) is 3.42. The van der Waals surface area contributed by atoms with Crippen molar-refractivity contribution < 1.29 is 28.6 Å². The van der Waals surface area contributed by atoms with Crippen LogP contribution in [0.4, 0.5) is 0 Å². The summed E-state index contributed by atoms with van der Waals surface area (Å²) in [6, 6.07) is 24.8. The summed E-state index contributed by atoms with van der Waals surface area (Å²) in [6.45, 7) is 6.89. The van der Waals surface area contributed by atoms with Crippen LogP contribution in [0.2, 0.25) is 0 Å². The Hall–Kier alpha value is -3.84. The summed E-state index contributed by atoms with van der Waals surface area (Å²) in [4.78, 5) is 17.5. The van der Waals surface area contributed by atoms with Gasteiger partial charge in [-0.25, -0.2) is 4.79 Å². The van der Waals surface area contributed by atoms with Crippen molar-refractivity contribution >= 4 is 11.7 Å². The lowest BCUT2D eigenvalue weighted by Gasteiger charge is -2.16. The third-order valence-electron chi connectivity index (χ3n) is 5.08. The zero-order valence-electron chi connectivity index (χ0n) is 21.0. The van der Waals surface area contributed by atoms with E-state index < -0.39 is 6.10 Å². The van der Waals surface area contributed by atoms with E-state index in [0.717, 1.165) is 22.6 Å². The van der Waals surface area contributed by atoms with Gasteiger partial charge in [-0.2, -0.15) is 0 Å². The SMILES string of the molecule is CCON=C(COc1cccc(CC(OCC)C(=O)OCC)c1)c1ccc(Oc2ccccc2)cc1. The molecule has 3 aromatic carbocycles. The average Bonchev–Trinajstić information content (AvgIpc) is 2.90. The highest BCUT2D eigenvalue weighted by molar-refractivity contribution is 6.01. The third kappa shape index (κ3) is 8.43. The van der Waals surface area contributed by atoms with E-state index in [9.17, 15) is 4.79 Å². The highest BCUT2D eigenvalue weighted by Gasteiger charge is 2.20. The fourth-order valence-corrected chi connectivity index (χ4v) is 3.42. The van der Waals surface area contributed by atoms with Gasteiger partial charge in [0.25, 0.3) is 0 Å². The van der Waals surface area contributed by atoms with Crippen LogP contribution in [0.3, 0.4) is 0 Å². The lowest BCUT2D eigenvalue weighted by Crippen LogP contribution is -2.29. The Balaban J connectivity index is 1.67. The minimum Gasteiger partial charge on any atom is -0.487 e. The Morgan fingerprint density at radius 2 is 1.53 bits per heavy atom. The molecular weight excluding hydrogens is 458 g/mol. The van der Waals surface area contributed by atoms with E-state index in [2.05, 4.69) is 5.16 Å². The fraction of sp³-hybridized carbons (Fsp3) is 0.310. The Morgan fingerprint density at radius 1 is 0.806 bits per heavy atom. The second-order valence-corrected chi connectivity index (χ2v) is 7.73. The van der Waals surface area contributed by atoms with E-state index >= 15 is 0 Å². The maximum Gasteiger partial charge on any atom is 0.335 e. The second-order valence-electron chi connectivity index (χ2n) is 7.73. The van der Waals surface area contributed by atoms with Gasteiger partial charge in [-0.3, -0.25) is 0 Å². The summed E-state index contributed by atoms with van der Waals surface area (Å²) in [5.41, 5.74) is 2.41. The van der Waals surface area contributed by atoms with Crippen molar-refractivity contribution in [3.05, 3.63) is 90.0 Å². The Labute approximate surface area is 212 Å². The molecule has 1 atom stereocenters. The van der Waals surface area contributed by atoms with Gasteiger partial charge in [0.15, 0.2) is 6.10 Å². The molecule has 0 aliphatic carbocycles. The van der Waals surface area contributed by atoms with Gasteiger partial charge in [-0.15, -0.1) is 0 Å². The number of hydrogen-bond acceptors (Lipinski definition) is 7. The number of para-hydroxylation sites is 1. The molecule has 0 amide bonds. The van der Waals surface area contributed by atoms with Crippen molar-refractivity contribution in [2.24, 2.45) is 5.16 Å². The second kappa shape index (κ2) is 14.5. The molecule has 0 fully saturated rings. The molecule has 7 nitrogen and oxygen atoms in total. The summed E-state index contributed by atoms with van der Waals surface area (Å²) in [7, 11) is 0. The van der Waals surface area contributed by atoms with Crippen molar-refractivity contribution in [3.8, 4) is 17.2 Å². The lowest BCUT2D eigenvalue weighted by molar-refractivity contribution is -0.156. The predicted molar refractivity (Wildman–Crippen MR) is 139 cm³/mol. The van der Waals surface area contributed by atoms with E-state index in [-0.39, 0.29) is 12.6 Å². The monoisotopic (exact) mass is 491 g/mol. The molecule has 0 saturated carbocycles. The van der Waals surface area contributed by atoms with E-state index in [0.29, 0.717) is 37.7 Å². The van der Waals surface area contributed by atoms with E-state index in [1.54, 1.807) is 6.92 Å². The Morgan fingerprint density at radius 3 is 2.22 bits per heavy atom. The van der Waals surface area contributed by atoms with Gasteiger partial charge in [0.1, 0.15) is 36.2 Å². The first kappa shape index (κ1) is 26.8. The third-order valence-corrected chi connectivity index (χ3v) is 5.08. The van der Waals surface area contributed by atoms with Gasteiger partial charge in [0, 0.05) is 18.6 Å². The molecule has 1 unspecified atom stereocenters. The van der Waals surface area contributed by atoms with E-state index in [1.165, 1.54) is 0 Å². The lowest BCUT2D eigenvalue weighted by atomic mass is 10.1. The number of hydrogen-bond donors (Lipinski definition) is 0. The molecule has 0 bridgehead atoms. The van der Waals surface area contributed by atoms with Gasteiger partial charge in [-0.05, 0) is 74.9 Å². The van der Waals surface area contributed by atoms with Crippen LogP contribution in [0.5, 0.6) is 17.2 Å². The van der Waals surface area contributed by atoms with E-state index in [4.69, 9.17) is 23.8 Å². The normalized spacial score (nSPS) is 12.0. The van der Waals surface area contributed by atoms with Crippen molar-refractivity contribution in [2.75, 3.05) is 26.4 Å². The summed E-state index contributed by atoms with van der Waals surface area (Å²) in [6.07, 6.45) is -0.260. The van der Waals surface area contributed by atoms with Crippen molar-refractivity contribution in [1.29, 1.82) is 0 Å². The van der Waals surface area contributed by atoms with Crippen LogP contribution < -0.4 is 9.47 Å². The number of rotatable bonds is 14. The van der Waals surface area contributed by atoms with Crippen molar-refractivity contribution in [3.63, 3.8) is 0 Å². The van der Waals surface area contributed by atoms with Crippen LogP contribution in [0.1, 0.15) is 31.9 Å². The maximum absolute atomic E-state index is 12.2. The molecule has 190 valence electrons. The highest BCUT2D eigenvalue weighted by atomic mass is 16.6. The van der Waals surface area contributed by atoms with Crippen molar-refractivity contribution in [1.82, 2.24) is 0 Å². The number of carbonyl (C=O) groups is 1. The quantitative estimate of drug-likeness (QED) is 0.161. The molecule has 0 aromatic heterocycles. The topological polar surface area (TPSA) is 75.6 Å². The smallest absolute Gasteiger partial charge is 0.335 e. The minimum absolute atomic E-state index is 0.203. The standard InChI is InChI=1S/C29H33NO6/c1-4-32-28(29(31)33-5-2)20-22-11-10-14-26(19-22)34-21-27(30-35-6-3)23-15-17-25(18-16-23)36-24-12-8-7-9-13-24/h7-19,28H,4-6,20-21H2,1-3H3. The molecule has 0 spiro atoms. The number of benzene rings is 3. The molecule has 0 heterocycles. The summed E-state index contributed by atoms with van der Waals surface area (Å²) in [5, 5.41) is 4.25. The number of ether oxygens (including phenoxy) is 4. The van der Waals surface area contributed by atoms with Crippen LogP contribution in [0.25, 0.3) is 0 Å². The van der Waals surface area contributed by atoms with E-state index in [1.807, 2.05) is 92.7 Å². The molecule has 0 N–H and O–H groups in total. The highest BCUT2D eigenvalue weighted by Crippen LogP contribution is 2.22. The maximum atomic E-state index is 12.2. The number of nitrogens with zero attached hydrogens (tertiary/aromatic N) is 1. The molecule has 0 aliphatic heterocycles. The molecule has 0 radical (unpaired) electrons. The van der Waals surface area contributed by atoms with Gasteiger partial charge >= 0.3 is 5.97 Å². The summed E-state index contributed by atoms with van der Waals surface area (Å²) >= 11 is 0. The molecular formula is C29H33NO6. The predicted octanol–water partition coefficient (Wildman–Crippen LogP) is 5.81. The minimum atomic E-state index is -0.656. The number of esters is 1. The summed E-state index contributed by atoms with van der Waals surface area (Å²) in [5.74, 6) is 1.78. The molecule has 0 saturated heterocycles. The first-order valence-corrected chi connectivity index (χ1v) is 12.1. The van der Waals surface area contributed by atoms with Gasteiger partial charge in [0.2, 0.25) is 0 Å². The van der Waals surface area contributed by atoms with Crippen LogP contribution in [0, 0.1) is 0 Å². The molecule has 7 heteroatoms. The van der Waals surface area contributed by atoms with Crippen LogP contribution in [-0.4, -0.2) is 44.2 Å². The zero-order valence-corrected chi connectivity index (χ0v) is 21.0.